The average molecular weight is 351 g/mol. The molecule has 3 heterocycles. The number of rotatable bonds is 5. The SMILES string of the molecule is O=C(CCc1ccc(-c2ccccc2F)o1)Nc1ncnc2nc[nH]c12. The number of carbonyl (C=O) groups is 1. The van der Waals surface area contributed by atoms with E-state index in [2.05, 4.69) is 25.3 Å². The smallest absolute Gasteiger partial charge is 0.226 e. The molecule has 0 fully saturated rings. The molecule has 0 spiro atoms. The highest BCUT2D eigenvalue weighted by atomic mass is 19.1. The van der Waals surface area contributed by atoms with Crippen LogP contribution in [0.5, 0.6) is 0 Å². The third-order valence-corrected chi connectivity index (χ3v) is 3.88. The molecule has 2 N–H and O–H groups in total. The minimum absolute atomic E-state index is 0.198. The zero-order valence-electron chi connectivity index (χ0n) is 13.6. The van der Waals surface area contributed by atoms with Crippen LogP contribution in [0, 0.1) is 5.82 Å². The van der Waals surface area contributed by atoms with Crippen LogP contribution in [0.15, 0.2) is 53.5 Å². The van der Waals surface area contributed by atoms with Crippen LogP contribution in [0.2, 0.25) is 0 Å². The standard InChI is InChI=1S/C18H14FN5O2/c19-13-4-2-1-3-12(13)14-7-5-11(26-14)6-8-15(25)24-18-16-17(21-9-20-16)22-10-23-18/h1-5,7,9-10H,6,8H2,(H2,20,21,22,23,24,25). The van der Waals surface area contributed by atoms with Gasteiger partial charge >= 0.3 is 0 Å². The summed E-state index contributed by atoms with van der Waals surface area (Å²) < 4.78 is 19.4. The number of anilines is 1. The van der Waals surface area contributed by atoms with E-state index in [0.717, 1.165) is 0 Å². The van der Waals surface area contributed by atoms with Gasteiger partial charge in [-0.2, -0.15) is 0 Å². The van der Waals surface area contributed by atoms with Crippen molar-refractivity contribution in [3.8, 4) is 11.3 Å². The van der Waals surface area contributed by atoms with E-state index in [1.165, 1.54) is 18.7 Å². The van der Waals surface area contributed by atoms with Crippen LogP contribution in [-0.2, 0) is 11.2 Å². The fourth-order valence-electron chi connectivity index (χ4n) is 2.61. The molecule has 4 aromatic rings. The topological polar surface area (TPSA) is 96.7 Å². The van der Waals surface area contributed by atoms with Crippen LogP contribution >= 0.6 is 0 Å². The van der Waals surface area contributed by atoms with Crippen LogP contribution in [-0.4, -0.2) is 25.8 Å². The van der Waals surface area contributed by atoms with Gasteiger partial charge in [-0.25, -0.2) is 19.3 Å². The molecular weight excluding hydrogens is 337 g/mol. The summed E-state index contributed by atoms with van der Waals surface area (Å²) in [6.45, 7) is 0. The van der Waals surface area contributed by atoms with E-state index in [0.29, 0.717) is 40.5 Å². The molecule has 0 aliphatic carbocycles. The van der Waals surface area contributed by atoms with E-state index >= 15 is 0 Å². The number of hydrogen-bond donors (Lipinski definition) is 2. The molecule has 130 valence electrons. The van der Waals surface area contributed by atoms with Crippen molar-refractivity contribution in [3.63, 3.8) is 0 Å². The normalized spacial score (nSPS) is 11.0. The lowest BCUT2D eigenvalue weighted by Crippen LogP contribution is -2.13. The molecule has 8 heteroatoms. The van der Waals surface area contributed by atoms with Gasteiger partial charge in [0, 0.05) is 12.8 Å². The Bertz CT molecular complexity index is 1070. The first kappa shape index (κ1) is 15.9. The van der Waals surface area contributed by atoms with Gasteiger partial charge in [0.1, 0.15) is 29.2 Å². The molecule has 4 rings (SSSR count). The number of nitrogens with zero attached hydrogens (tertiary/aromatic N) is 3. The van der Waals surface area contributed by atoms with Crippen LogP contribution in [0.3, 0.4) is 0 Å². The predicted molar refractivity (Wildman–Crippen MR) is 92.7 cm³/mol. The van der Waals surface area contributed by atoms with Crippen molar-refractivity contribution in [2.24, 2.45) is 0 Å². The predicted octanol–water partition coefficient (Wildman–Crippen LogP) is 3.32. The molecule has 0 aliphatic rings. The molecule has 0 aliphatic heterocycles. The summed E-state index contributed by atoms with van der Waals surface area (Å²) in [5.41, 5.74) is 1.45. The van der Waals surface area contributed by atoms with Gasteiger partial charge in [-0.05, 0) is 24.3 Å². The highest BCUT2D eigenvalue weighted by molar-refractivity contribution is 5.96. The number of aromatic amines is 1. The second-order valence-corrected chi connectivity index (χ2v) is 5.62. The van der Waals surface area contributed by atoms with E-state index in [-0.39, 0.29) is 18.1 Å². The van der Waals surface area contributed by atoms with E-state index in [9.17, 15) is 9.18 Å². The highest BCUT2D eigenvalue weighted by Gasteiger charge is 2.12. The largest absolute Gasteiger partial charge is 0.461 e. The van der Waals surface area contributed by atoms with Gasteiger partial charge in [0.05, 0.1) is 11.9 Å². The Kier molecular flexibility index (Phi) is 4.14. The first-order valence-electron chi connectivity index (χ1n) is 7.98. The minimum Gasteiger partial charge on any atom is -0.461 e. The Hall–Kier alpha value is -3.55. The van der Waals surface area contributed by atoms with Crippen LogP contribution in [0.4, 0.5) is 10.2 Å². The number of H-pyrrole nitrogens is 1. The third-order valence-electron chi connectivity index (χ3n) is 3.88. The van der Waals surface area contributed by atoms with Crippen molar-refractivity contribution >= 4 is 22.9 Å². The van der Waals surface area contributed by atoms with Crippen LogP contribution < -0.4 is 5.32 Å². The first-order chi connectivity index (χ1) is 12.7. The zero-order chi connectivity index (χ0) is 17.9. The minimum atomic E-state index is -0.349. The molecule has 1 amide bonds. The summed E-state index contributed by atoms with van der Waals surface area (Å²) in [5.74, 6) is 0.854. The second-order valence-electron chi connectivity index (χ2n) is 5.62. The van der Waals surface area contributed by atoms with Crippen molar-refractivity contribution in [3.05, 3.63) is 60.6 Å². The summed E-state index contributed by atoms with van der Waals surface area (Å²) in [7, 11) is 0. The maximum Gasteiger partial charge on any atom is 0.226 e. The second kappa shape index (κ2) is 6.75. The number of amides is 1. The Morgan fingerprint density at radius 2 is 2.04 bits per heavy atom. The van der Waals surface area contributed by atoms with Crippen LogP contribution in [0.1, 0.15) is 12.2 Å². The van der Waals surface area contributed by atoms with E-state index in [4.69, 9.17) is 4.42 Å². The summed E-state index contributed by atoms with van der Waals surface area (Å²) in [6.07, 6.45) is 3.41. The Morgan fingerprint density at radius 3 is 2.92 bits per heavy atom. The van der Waals surface area contributed by atoms with E-state index < -0.39 is 0 Å². The number of hydrogen-bond acceptors (Lipinski definition) is 5. The lowest BCUT2D eigenvalue weighted by molar-refractivity contribution is -0.116. The number of furan rings is 1. The highest BCUT2D eigenvalue weighted by Crippen LogP contribution is 2.25. The summed E-state index contributed by atoms with van der Waals surface area (Å²) in [5, 5.41) is 2.73. The van der Waals surface area contributed by atoms with Gasteiger partial charge in [-0.3, -0.25) is 4.79 Å². The molecule has 0 bridgehead atoms. The van der Waals surface area contributed by atoms with Crippen LogP contribution in [0.25, 0.3) is 22.5 Å². The maximum atomic E-state index is 13.8. The quantitative estimate of drug-likeness (QED) is 0.575. The maximum absolute atomic E-state index is 13.8. The molecule has 0 unspecified atom stereocenters. The van der Waals surface area contributed by atoms with E-state index in [1.807, 2.05) is 0 Å². The van der Waals surface area contributed by atoms with Gasteiger partial charge in [-0.1, -0.05) is 12.1 Å². The molecule has 0 atom stereocenters. The lowest BCUT2D eigenvalue weighted by Gasteiger charge is -2.04. The van der Waals surface area contributed by atoms with Gasteiger partial charge in [0.15, 0.2) is 11.5 Å². The Labute approximate surface area is 147 Å². The monoisotopic (exact) mass is 351 g/mol. The molecule has 26 heavy (non-hydrogen) atoms. The Balaban J connectivity index is 1.41. The fraction of sp³-hybridized carbons (Fsp3) is 0.111. The number of imidazole rings is 1. The molecule has 7 nitrogen and oxygen atoms in total. The third kappa shape index (κ3) is 3.16. The van der Waals surface area contributed by atoms with Gasteiger partial charge < -0.3 is 14.7 Å². The van der Waals surface area contributed by atoms with Crippen molar-refractivity contribution in [1.29, 1.82) is 0 Å². The van der Waals surface area contributed by atoms with E-state index in [1.54, 1.807) is 30.3 Å². The average Bonchev–Trinajstić information content (AvgIpc) is 3.30. The number of aryl methyl sites for hydroxylation is 1. The zero-order valence-corrected chi connectivity index (χ0v) is 13.6. The number of fused-ring (bicyclic) bond motifs is 1. The lowest BCUT2D eigenvalue weighted by atomic mass is 10.1. The fourth-order valence-corrected chi connectivity index (χ4v) is 2.61. The molecular formula is C18H14FN5O2. The first-order valence-corrected chi connectivity index (χ1v) is 7.98. The number of carbonyl (C=O) groups excluding carboxylic acids is 1. The summed E-state index contributed by atoms with van der Waals surface area (Å²) in [6, 6.07) is 9.83. The van der Waals surface area contributed by atoms with Crippen molar-refractivity contribution in [2.45, 2.75) is 12.8 Å². The van der Waals surface area contributed by atoms with Crippen molar-refractivity contribution < 1.29 is 13.6 Å². The molecule has 3 aromatic heterocycles. The van der Waals surface area contributed by atoms with Crippen molar-refractivity contribution in [1.82, 2.24) is 19.9 Å². The number of halogens is 1. The number of benzene rings is 1. The van der Waals surface area contributed by atoms with Gasteiger partial charge in [-0.15, -0.1) is 0 Å². The van der Waals surface area contributed by atoms with Gasteiger partial charge in [0.25, 0.3) is 0 Å². The molecule has 0 radical (unpaired) electrons. The number of aromatic nitrogens is 4. The molecule has 1 aromatic carbocycles. The number of nitrogens with one attached hydrogen (secondary N) is 2. The summed E-state index contributed by atoms with van der Waals surface area (Å²) in [4.78, 5) is 27.1. The van der Waals surface area contributed by atoms with Gasteiger partial charge in [0.2, 0.25) is 5.91 Å². The van der Waals surface area contributed by atoms with Crippen molar-refractivity contribution in [2.75, 3.05) is 5.32 Å². The Morgan fingerprint density at radius 1 is 1.15 bits per heavy atom. The molecule has 0 saturated carbocycles. The molecule has 0 saturated heterocycles. The summed E-state index contributed by atoms with van der Waals surface area (Å²) >= 11 is 0.